The number of fused-ring (bicyclic) bond motifs is 1. The van der Waals surface area contributed by atoms with Gasteiger partial charge >= 0.3 is 0 Å². The lowest BCUT2D eigenvalue weighted by atomic mass is 9.78. The van der Waals surface area contributed by atoms with Crippen LogP contribution in [0, 0.1) is 5.92 Å². The Kier molecular flexibility index (Phi) is 4.11. The normalized spacial score (nSPS) is 27.2. The summed E-state index contributed by atoms with van der Waals surface area (Å²) in [5.41, 5.74) is 0. The summed E-state index contributed by atoms with van der Waals surface area (Å²) in [7, 11) is 0. The number of piperidine rings is 1. The van der Waals surface area contributed by atoms with Crippen molar-refractivity contribution in [1.29, 1.82) is 0 Å². The molecule has 104 valence electrons. The number of halogens is 3. The predicted molar refractivity (Wildman–Crippen MR) is 81.6 cm³/mol. The molecule has 1 aliphatic carbocycles. The van der Waals surface area contributed by atoms with Crippen molar-refractivity contribution in [2.45, 2.75) is 44.6 Å². The number of hydrogen-bond acceptors (Lipinski definition) is 2. The SMILES string of the molecule is Clc1cc(Cl)c(N2CCCC3CCCCC32)nc1Cl. The molecule has 0 aromatic carbocycles. The Labute approximate surface area is 129 Å². The van der Waals surface area contributed by atoms with Gasteiger partial charge in [-0.15, -0.1) is 0 Å². The van der Waals surface area contributed by atoms with Gasteiger partial charge in [-0.05, 0) is 37.7 Å². The van der Waals surface area contributed by atoms with E-state index in [1.807, 2.05) is 0 Å². The minimum Gasteiger partial charge on any atom is -0.352 e. The molecule has 0 amide bonds. The predicted octanol–water partition coefficient (Wildman–Crippen LogP) is 5.20. The van der Waals surface area contributed by atoms with Crippen LogP contribution >= 0.6 is 34.8 Å². The van der Waals surface area contributed by atoms with Crippen LogP contribution in [-0.2, 0) is 0 Å². The van der Waals surface area contributed by atoms with E-state index in [2.05, 4.69) is 9.88 Å². The summed E-state index contributed by atoms with van der Waals surface area (Å²) in [6.07, 6.45) is 7.77. The molecule has 2 fully saturated rings. The second kappa shape index (κ2) is 5.67. The topological polar surface area (TPSA) is 16.1 Å². The Morgan fingerprint density at radius 3 is 2.58 bits per heavy atom. The van der Waals surface area contributed by atoms with Gasteiger partial charge in [0.2, 0.25) is 0 Å². The first kappa shape index (κ1) is 13.8. The van der Waals surface area contributed by atoms with Crippen LogP contribution in [0.1, 0.15) is 38.5 Å². The fraction of sp³-hybridized carbons (Fsp3) is 0.643. The summed E-state index contributed by atoms with van der Waals surface area (Å²) in [4.78, 5) is 6.77. The van der Waals surface area contributed by atoms with Gasteiger partial charge in [0.05, 0.1) is 10.0 Å². The zero-order chi connectivity index (χ0) is 13.4. The van der Waals surface area contributed by atoms with E-state index in [0.29, 0.717) is 21.2 Å². The van der Waals surface area contributed by atoms with E-state index < -0.39 is 0 Å². The lowest BCUT2D eigenvalue weighted by Crippen LogP contribution is -2.47. The molecule has 0 bridgehead atoms. The van der Waals surface area contributed by atoms with Crippen LogP contribution in [0.25, 0.3) is 0 Å². The summed E-state index contributed by atoms with van der Waals surface area (Å²) >= 11 is 18.3. The van der Waals surface area contributed by atoms with Crippen LogP contribution in [-0.4, -0.2) is 17.6 Å². The van der Waals surface area contributed by atoms with Crippen molar-refractivity contribution in [1.82, 2.24) is 4.98 Å². The van der Waals surface area contributed by atoms with Gasteiger partial charge in [-0.1, -0.05) is 47.6 Å². The van der Waals surface area contributed by atoms with Crippen LogP contribution in [0.3, 0.4) is 0 Å². The fourth-order valence-electron chi connectivity index (χ4n) is 3.52. The Hall–Kier alpha value is -0.180. The molecule has 1 saturated carbocycles. The molecule has 2 nitrogen and oxygen atoms in total. The number of aromatic nitrogens is 1. The highest BCUT2D eigenvalue weighted by molar-refractivity contribution is 6.42. The molecular weight excluding hydrogens is 303 g/mol. The number of anilines is 1. The summed E-state index contributed by atoms with van der Waals surface area (Å²) in [5, 5.41) is 1.38. The van der Waals surface area contributed by atoms with Gasteiger partial charge in [0.25, 0.3) is 0 Å². The van der Waals surface area contributed by atoms with Crippen LogP contribution < -0.4 is 4.90 Å². The lowest BCUT2D eigenvalue weighted by molar-refractivity contribution is 0.243. The van der Waals surface area contributed by atoms with E-state index in [0.717, 1.165) is 18.3 Å². The number of nitrogens with zero attached hydrogens (tertiary/aromatic N) is 2. The van der Waals surface area contributed by atoms with Gasteiger partial charge in [0.15, 0.2) is 0 Å². The summed E-state index contributed by atoms with van der Waals surface area (Å²) < 4.78 is 0. The standard InChI is InChI=1S/C14H17Cl3N2/c15-10-8-11(16)14(18-13(10)17)19-7-3-5-9-4-1-2-6-12(9)19/h8-9,12H,1-7H2. The van der Waals surface area contributed by atoms with Crippen LogP contribution in [0.4, 0.5) is 5.82 Å². The van der Waals surface area contributed by atoms with Crippen LogP contribution in [0.5, 0.6) is 0 Å². The molecule has 2 aliphatic rings. The first-order chi connectivity index (χ1) is 9.16. The van der Waals surface area contributed by atoms with Crippen molar-refractivity contribution in [3.05, 3.63) is 21.3 Å². The van der Waals surface area contributed by atoms with Gasteiger partial charge in [-0.25, -0.2) is 4.98 Å². The molecule has 1 saturated heterocycles. The van der Waals surface area contributed by atoms with Crippen LogP contribution in [0.15, 0.2) is 6.07 Å². The molecule has 1 aliphatic heterocycles. The monoisotopic (exact) mass is 318 g/mol. The molecule has 19 heavy (non-hydrogen) atoms. The van der Waals surface area contributed by atoms with Crippen molar-refractivity contribution in [2.75, 3.05) is 11.4 Å². The highest BCUT2D eigenvalue weighted by atomic mass is 35.5. The van der Waals surface area contributed by atoms with Gasteiger partial charge in [0.1, 0.15) is 11.0 Å². The zero-order valence-electron chi connectivity index (χ0n) is 10.7. The third-order valence-corrected chi connectivity index (χ3v) is 5.33. The molecule has 0 radical (unpaired) electrons. The van der Waals surface area contributed by atoms with E-state index in [4.69, 9.17) is 34.8 Å². The zero-order valence-corrected chi connectivity index (χ0v) is 13.0. The first-order valence-electron chi connectivity index (χ1n) is 6.95. The Bertz CT molecular complexity index is 476. The average Bonchev–Trinajstić information content (AvgIpc) is 2.42. The van der Waals surface area contributed by atoms with Crippen molar-refractivity contribution in [2.24, 2.45) is 5.92 Å². The highest BCUT2D eigenvalue weighted by Crippen LogP contribution is 2.40. The molecule has 0 N–H and O–H groups in total. The van der Waals surface area contributed by atoms with Crippen molar-refractivity contribution >= 4 is 40.6 Å². The average molecular weight is 320 g/mol. The smallest absolute Gasteiger partial charge is 0.150 e. The second-order valence-corrected chi connectivity index (χ2v) is 6.69. The van der Waals surface area contributed by atoms with E-state index in [1.54, 1.807) is 6.07 Å². The van der Waals surface area contributed by atoms with Gasteiger partial charge in [-0.3, -0.25) is 0 Å². The number of pyridine rings is 1. The fourth-order valence-corrected chi connectivity index (χ4v) is 4.13. The van der Waals surface area contributed by atoms with Crippen LogP contribution in [0.2, 0.25) is 15.2 Å². The quantitative estimate of drug-likeness (QED) is 0.661. The van der Waals surface area contributed by atoms with Gasteiger partial charge < -0.3 is 4.90 Å². The second-order valence-electron chi connectivity index (χ2n) is 5.51. The molecule has 1 aromatic rings. The Morgan fingerprint density at radius 2 is 1.74 bits per heavy atom. The summed E-state index contributed by atoms with van der Waals surface area (Å²) in [6.45, 7) is 1.02. The van der Waals surface area contributed by atoms with E-state index in [1.165, 1.54) is 38.5 Å². The number of hydrogen-bond donors (Lipinski definition) is 0. The maximum absolute atomic E-state index is 6.32. The van der Waals surface area contributed by atoms with Gasteiger partial charge in [0, 0.05) is 12.6 Å². The maximum atomic E-state index is 6.32. The molecule has 3 rings (SSSR count). The maximum Gasteiger partial charge on any atom is 0.150 e. The largest absolute Gasteiger partial charge is 0.352 e. The van der Waals surface area contributed by atoms with Crippen molar-refractivity contribution in [3.8, 4) is 0 Å². The third-order valence-electron chi connectivity index (χ3n) is 4.38. The summed E-state index contributed by atoms with van der Waals surface area (Å²) in [5.74, 6) is 1.60. The molecule has 2 atom stereocenters. The first-order valence-corrected chi connectivity index (χ1v) is 8.08. The van der Waals surface area contributed by atoms with E-state index in [-0.39, 0.29) is 0 Å². The van der Waals surface area contributed by atoms with E-state index in [9.17, 15) is 0 Å². The lowest BCUT2D eigenvalue weighted by Gasteiger charge is -2.45. The molecule has 2 heterocycles. The molecule has 2 unspecified atom stereocenters. The number of rotatable bonds is 1. The van der Waals surface area contributed by atoms with E-state index >= 15 is 0 Å². The minimum absolute atomic E-state index is 0.346. The van der Waals surface area contributed by atoms with Crippen molar-refractivity contribution in [3.63, 3.8) is 0 Å². The van der Waals surface area contributed by atoms with Crippen molar-refractivity contribution < 1.29 is 0 Å². The highest BCUT2D eigenvalue weighted by Gasteiger charge is 2.34. The molecule has 0 spiro atoms. The van der Waals surface area contributed by atoms with Gasteiger partial charge in [-0.2, -0.15) is 0 Å². The Morgan fingerprint density at radius 1 is 1.00 bits per heavy atom. The Balaban J connectivity index is 1.93. The minimum atomic E-state index is 0.346. The molecular formula is C14H17Cl3N2. The third kappa shape index (κ3) is 2.68. The molecule has 5 heteroatoms. The molecule has 1 aromatic heterocycles. The summed E-state index contributed by atoms with van der Waals surface area (Å²) in [6, 6.07) is 2.28.